The molecule has 0 bridgehead atoms. The summed E-state index contributed by atoms with van der Waals surface area (Å²) in [4.78, 5) is 7.94. The molecule has 0 aliphatic heterocycles. The van der Waals surface area contributed by atoms with Crippen LogP contribution < -0.4 is 0 Å². The van der Waals surface area contributed by atoms with Gasteiger partial charge in [0.25, 0.3) is 0 Å². The summed E-state index contributed by atoms with van der Waals surface area (Å²) >= 11 is 5.67. The first-order valence-corrected chi connectivity index (χ1v) is 4.39. The lowest BCUT2D eigenvalue weighted by molar-refractivity contribution is 0.272. The van der Waals surface area contributed by atoms with E-state index in [-0.39, 0.29) is 5.28 Å². The molecule has 1 aromatic heterocycles. The van der Waals surface area contributed by atoms with Crippen molar-refractivity contribution < 1.29 is 4.74 Å². The summed E-state index contributed by atoms with van der Waals surface area (Å²) in [6, 6.07) is 1.83. The average molecular weight is 199 g/mol. The van der Waals surface area contributed by atoms with Crippen molar-refractivity contribution >= 4 is 17.7 Å². The van der Waals surface area contributed by atoms with E-state index in [4.69, 9.17) is 16.3 Å². The Morgan fingerprint density at radius 3 is 2.92 bits per heavy atom. The Hall–Kier alpha value is -1.09. The summed E-state index contributed by atoms with van der Waals surface area (Å²) in [7, 11) is 0. The van der Waals surface area contributed by atoms with Crippen molar-refractivity contribution in [3.8, 4) is 0 Å². The van der Waals surface area contributed by atoms with E-state index in [2.05, 4.69) is 9.97 Å². The molecule has 0 radical (unpaired) electrons. The number of ether oxygens (including phenoxy) is 1. The van der Waals surface area contributed by atoms with Crippen LogP contribution in [0.5, 0.6) is 0 Å². The fraction of sp³-hybridized carbons (Fsp3) is 0.333. The van der Waals surface area contributed by atoms with Crippen molar-refractivity contribution in [1.29, 1.82) is 0 Å². The Balaban J connectivity index is 2.77. The highest BCUT2D eigenvalue weighted by molar-refractivity contribution is 6.28. The van der Waals surface area contributed by atoms with Crippen molar-refractivity contribution in [2.45, 2.75) is 13.8 Å². The number of aromatic nitrogens is 2. The summed E-state index contributed by atoms with van der Waals surface area (Å²) in [6.45, 7) is 4.43. The van der Waals surface area contributed by atoms with Crippen molar-refractivity contribution in [1.82, 2.24) is 9.97 Å². The third-order valence-corrected chi connectivity index (χ3v) is 1.52. The standard InChI is InChI=1S/C9H11ClN2O/c1-3-13-5-4-8-6-7(2)11-9(10)12-8/h4-6H,3H2,1-2H3/b5-4+. The van der Waals surface area contributed by atoms with Crippen LogP contribution in [0.1, 0.15) is 18.3 Å². The van der Waals surface area contributed by atoms with Gasteiger partial charge in [0.1, 0.15) is 0 Å². The van der Waals surface area contributed by atoms with E-state index in [1.165, 1.54) is 0 Å². The van der Waals surface area contributed by atoms with Gasteiger partial charge in [-0.1, -0.05) is 0 Å². The van der Waals surface area contributed by atoms with Gasteiger partial charge in [-0.2, -0.15) is 0 Å². The van der Waals surface area contributed by atoms with Gasteiger partial charge in [0.05, 0.1) is 18.6 Å². The number of rotatable bonds is 3. The molecule has 0 saturated carbocycles. The second-order valence-electron chi connectivity index (χ2n) is 2.46. The van der Waals surface area contributed by atoms with Crippen LogP contribution in [0.3, 0.4) is 0 Å². The van der Waals surface area contributed by atoms with Crippen LogP contribution in [0.4, 0.5) is 0 Å². The highest BCUT2D eigenvalue weighted by Gasteiger charge is 1.95. The lowest BCUT2D eigenvalue weighted by Gasteiger charge is -1.96. The molecule has 0 N–H and O–H groups in total. The second kappa shape index (κ2) is 4.82. The van der Waals surface area contributed by atoms with Crippen LogP contribution in [0.25, 0.3) is 6.08 Å². The van der Waals surface area contributed by atoms with E-state index in [0.29, 0.717) is 6.61 Å². The fourth-order valence-electron chi connectivity index (χ4n) is 0.855. The van der Waals surface area contributed by atoms with E-state index >= 15 is 0 Å². The molecule has 0 aliphatic rings. The Morgan fingerprint density at radius 2 is 2.31 bits per heavy atom. The predicted molar refractivity (Wildman–Crippen MR) is 52.4 cm³/mol. The molecule has 0 atom stereocenters. The van der Waals surface area contributed by atoms with Gasteiger partial charge in [-0.05, 0) is 37.6 Å². The third kappa shape index (κ3) is 3.42. The first-order valence-electron chi connectivity index (χ1n) is 4.01. The number of nitrogens with zero attached hydrogens (tertiary/aromatic N) is 2. The highest BCUT2D eigenvalue weighted by atomic mass is 35.5. The predicted octanol–water partition coefficient (Wildman–Crippen LogP) is 2.45. The Bertz CT molecular complexity index is 292. The third-order valence-electron chi connectivity index (χ3n) is 1.35. The molecular formula is C9H11ClN2O. The quantitative estimate of drug-likeness (QED) is 0.553. The number of aryl methyl sites for hydroxylation is 1. The maximum Gasteiger partial charge on any atom is 0.223 e. The zero-order valence-corrected chi connectivity index (χ0v) is 8.38. The molecule has 0 unspecified atom stereocenters. The Morgan fingerprint density at radius 1 is 1.54 bits per heavy atom. The molecule has 0 aliphatic carbocycles. The maximum absolute atomic E-state index is 5.67. The van der Waals surface area contributed by atoms with Gasteiger partial charge in [-0.25, -0.2) is 9.97 Å². The van der Waals surface area contributed by atoms with Crippen LogP contribution >= 0.6 is 11.6 Å². The Labute approximate surface area is 82.4 Å². The molecule has 0 aromatic carbocycles. The molecule has 70 valence electrons. The number of halogens is 1. The van der Waals surface area contributed by atoms with Gasteiger partial charge < -0.3 is 4.74 Å². The van der Waals surface area contributed by atoms with Crippen molar-refractivity contribution in [2.24, 2.45) is 0 Å². The average Bonchev–Trinajstić information content (AvgIpc) is 2.03. The number of hydrogen-bond donors (Lipinski definition) is 0. The summed E-state index contributed by atoms with van der Waals surface area (Å²) in [5, 5.41) is 0.260. The molecule has 1 aromatic rings. The molecule has 0 fully saturated rings. The van der Waals surface area contributed by atoms with Crippen LogP contribution in [-0.4, -0.2) is 16.6 Å². The zero-order chi connectivity index (χ0) is 9.68. The van der Waals surface area contributed by atoms with E-state index in [1.54, 1.807) is 12.3 Å². The zero-order valence-electron chi connectivity index (χ0n) is 7.62. The van der Waals surface area contributed by atoms with Gasteiger partial charge in [-0.15, -0.1) is 0 Å². The van der Waals surface area contributed by atoms with Gasteiger partial charge in [-0.3, -0.25) is 0 Å². The minimum atomic E-state index is 0.260. The van der Waals surface area contributed by atoms with Crippen LogP contribution in [0, 0.1) is 6.92 Å². The van der Waals surface area contributed by atoms with Crippen molar-refractivity contribution in [2.75, 3.05) is 6.61 Å². The molecule has 0 amide bonds. The highest BCUT2D eigenvalue weighted by Crippen LogP contribution is 2.06. The van der Waals surface area contributed by atoms with Crippen LogP contribution in [-0.2, 0) is 4.74 Å². The first-order chi connectivity index (χ1) is 6.22. The second-order valence-corrected chi connectivity index (χ2v) is 2.80. The molecule has 1 heterocycles. The van der Waals surface area contributed by atoms with Crippen molar-refractivity contribution in [3.63, 3.8) is 0 Å². The van der Waals surface area contributed by atoms with E-state index < -0.39 is 0 Å². The van der Waals surface area contributed by atoms with Crippen LogP contribution in [0.2, 0.25) is 5.28 Å². The molecule has 0 spiro atoms. The van der Waals surface area contributed by atoms with Gasteiger partial charge in [0, 0.05) is 5.69 Å². The summed E-state index contributed by atoms with van der Waals surface area (Å²) in [5.74, 6) is 0. The van der Waals surface area contributed by atoms with E-state index in [1.807, 2.05) is 19.9 Å². The number of hydrogen-bond acceptors (Lipinski definition) is 3. The Kier molecular flexibility index (Phi) is 3.71. The van der Waals surface area contributed by atoms with E-state index in [0.717, 1.165) is 11.4 Å². The molecule has 4 heteroatoms. The minimum Gasteiger partial charge on any atom is -0.501 e. The fourth-order valence-corrected chi connectivity index (χ4v) is 1.09. The van der Waals surface area contributed by atoms with Gasteiger partial charge in [0.2, 0.25) is 5.28 Å². The normalized spacial score (nSPS) is 10.7. The van der Waals surface area contributed by atoms with Gasteiger partial charge in [0.15, 0.2) is 0 Å². The SMILES string of the molecule is CCO/C=C/c1cc(C)nc(Cl)n1. The van der Waals surface area contributed by atoms with Crippen molar-refractivity contribution in [3.05, 3.63) is 29.0 Å². The molecule has 3 nitrogen and oxygen atoms in total. The summed E-state index contributed by atoms with van der Waals surface area (Å²) in [5.41, 5.74) is 1.60. The first kappa shape index (κ1) is 9.99. The summed E-state index contributed by atoms with van der Waals surface area (Å²) < 4.78 is 5.03. The van der Waals surface area contributed by atoms with E-state index in [9.17, 15) is 0 Å². The summed E-state index contributed by atoms with van der Waals surface area (Å²) in [6.07, 6.45) is 3.35. The molecule has 13 heavy (non-hydrogen) atoms. The maximum atomic E-state index is 5.67. The largest absolute Gasteiger partial charge is 0.501 e. The van der Waals surface area contributed by atoms with Crippen LogP contribution in [0.15, 0.2) is 12.3 Å². The molecule has 1 rings (SSSR count). The van der Waals surface area contributed by atoms with Gasteiger partial charge >= 0.3 is 0 Å². The lowest BCUT2D eigenvalue weighted by atomic mass is 10.3. The lowest BCUT2D eigenvalue weighted by Crippen LogP contribution is -1.89. The minimum absolute atomic E-state index is 0.260. The molecule has 0 saturated heterocycles. The smallest absolute Gasteiger partial charge is 0.223 e. The topological polar surface area (TPSA) is 35.0 Å². The monoisotopic (exact) mass is 198 g/mol. The molecular weight excluding hydrogens is 188 g/mol.